The molecule has 0 radical (unpaired) electrons. The van der Waals surface area contributed by atoms with E-state index in [1.54, 1.807) is 19.2 Å². The zero-order chi connectivity index (χ0) is 24.1. The molecule has 0 aliphatic carbocycles. The van der Waals surface area contributed by atoms with E-state index in [9.17, 15) is 18.3 Å². The van der Waals surface area contributed by atoms with Crippen molar-refractivity contribution < 1.29 is 32.5 Å². The highest BCUT2D eigenvalue weighted by molar-refractivity contribution is 7.89. The molecule has 9 nitrogen and oxygen atoms in total. The molecule has 0 bridgehead atoms. The van der Waals surface area contributed by atoms with Gasteiger partial charge in [0.15, 0.2) is 0 Å². The Morgan fingerprint density at radius 1 is 1.09 bits per heavy atom. The maximum absolute atomic E-state index is 13.6. The number of nitrogens with zero attached hydrogens (tertiary/aromatic N) is 1. The minimum atomic E-state index is -3.94. The van der Waals surface area contributed by atoms with E-state index in [2.05, 4.69) is 5.32 Å². The van der Waals surface area contributed by atoms with Gasteiger partial charge in [0.2, 0.25) is 15.9 Å². The van der Waals surface area contributed by atoms with Crippen LogP contribution in [0, 0.1) is 0 Å². The van der Waals surface area contributed by atoms with Crippen molar-refractivity contribution in [3.05, 3.63) is 54.6 Å². The Morgan fingerprint density at radius 3 is 2.50 bits per heavy atom. The lowest BCUT2D eigenvalue weighted by molar-refractivity contribution is -0.146. The summed E-state index contributed by atoms with van der Waals surface area (Å²) < 4.78 is 46.0. The molecule has 2 aliphatic rings. The lowest BCUT2D eigenvalue weighted by Crippen LogP contribution is -2.57. The van der Waals surface area contributed by atoms with Gasteiger partial charge in [-0.2, -0.15) is 4.31 Å². The number of sulfonamides is 1. The standard InChI is InChI=1S/C24H30N2O7S/c1-25-24(28)13-20-9-12-22-23(33-20)16-31-15-17(27)14-26(22)34(29,30)21-10-7-19(8-11-21)32-18-5-3-2-4-6-18/h2-8,10-11,17,20,22-23,27H,9,12-16H2,1H3,(H,25,28)/t17-,20-,22-,23+/m0/s1. The lowest BCUT2D eigenvalue weighted by Gasteiger charge is -2.43. The predicted octanol–water partition coefficient (Wildman–Crippen LogP) is 1.91. The number of benzene rings is 2. The molecule has 2 aromatic carbocycles. The summed E-state index contributed by atoms with van der Waals surface area (Å²) in [6.07, 6.45) is -0.575. The highest BCUT2D eigenvalue weighted by atomic mass is 32.2. The molecular weight excluding hydrogens is 460 g/mol. The molecular formula is C24H30N2O7S. The molecule has 0 saturated carbocycles. The van der Waals surface area contributed by atoms with Crippen LogP contribution in [-0.4, -0.2) is 74.9 Å². The summed E-state index contributed by atoms with van der Waals surface area (Å²) >= 11 is 0. The van der Waals surface area contributed by atoms with E-state index >= 15 is 0 Å². The van der Waals surface area contributed by atoms with Gasteiger partial charge in [-0.25, -0.2) is 8.42 Å². The Kier molecular flexibility index (Phi) is 7.84. The molecule has 10 heteroatoms. The average Bonchev–Trinajstić information content (AvgIpc) is 2.82. The summed E-state index contributed by atoms with van der Waals surface area (Å²) in [5, 5.41) is 12.9. The number of hydrogen-bond acceptors (Lipinski definition) is 7. The summed E-state index contributed by atoms with van der Waals surface area (Å²) in [6, 6.07) is 14.9. The van der Waals surface area contributed by atoms with E-state index in [1.807, 2.05) is 30.3 Å². The monoisotopic (exact) mass is 490 g/mol. The third-order valence-electron chi connectivity index (χ3n) is 6.03. The first-order valence-corrected chi connectivity index (χ1v) is 12.8. The van der Waals surface area contributed by atoms with Crippen LogP contribution in [-0.2, 0) is 24.3 Å². The number of rotatable bonds is 6. The molecule has 4 atom stereocenters. The maximum atomic E-state index is 13.6. The number of nitrogens with one attached hydrogen (secondary N) is 1. The number of aliphatic hydroxyl groups excluding tert-OH is 1. The van der Waals surface area contributed by atoms with Crippen molar-refractivity contribution in [1.29, 1.82) is 0 Å². The Morgan fingerprint density at radius 2 is 1.79 bits per heavy atom. The largest absolute Gasteiger partial charge is 0.457 e. The molecule has 0 aromatic heterocycles. The molecule has 2 heterocycles. The highest BCUT2D eigenvalue weighted by Crippen LogP contribution is 2.32. The van der Waals surface area contributed by atoms with E-state index in [0.29, 0.717) is 24.3 Å². The molecule has 2 aliphatic heterocycles. The molecule has 2 aromatic rings. The van der Waals surface area contributed by atoms with Gasteiger partial charge in [-0.05, 0) is 49.2 Å². The fraction of sp³-hybridized carbons (Fsp3) is 0.458. The third-order valence-corrected chi connectivity index (χ3v) is 7.94. The number of hydrogen-bond donors (Lipinski definition) is 2. The topological polar surface area (TPSA) is 114 Å². The number of carbonyl (C=O) groups excluding carboxylic acids is 1. The van der Waals surface area contributed by atoms with Crippen LogP contribution in [0.2, 0.25) is 0 Å². The van der Waals surface area contributed by atoms with E-state index in [-0.39, 0.29) is 43.1 Å². The molecule has 34 heavy (non-hydrogen) atoms. The van der Waals surface area contributed by atoms with E-state index in [0.717, 1.165) is 0 Å². The fourth-order valence-electron chi connectivity index (χ4n) is 4.32. The van der Waals surface area contributed by atoms with Gasteiger partial charge in [0, 0.05) is 13.6 Å². The molecule has 2 fully saturated rings. The third kappa shape index (κ3) is 5.76. The first kappa shape index (κ1) is 24.6. The first-order chi connectivity index (χ1) is 16.4. The summed E-state index contributed by atoms with van der Waals surface area (Å²) in [5.74, 6) is 1.04. The van der Waals surface area contributed by atoms with Gasteiger partial charge in [-0.15, -0.1) is 0 Å². The smallest absolute Gasteiger partial charge is 0.243 e. The predicted molar refractivity (Wildman–Crippen MR) is 124 cm³/mol. The second-order valence-corrected chi connectivity index (χ2v) is 10.4. The minimum Gasteiger partial charge on any atom is -0.457 e. The normalized spacial score (nSPS) is 26.1. The average molecular weight is 491 g/mol. The zero-order valence-electron chi connectivity index (χ0n) is 19.0. The quantitative estimate of drug-likeness (QED) is 0.636. The number of aliphatic hydroxyl groups is 1. The molecule has 0 spiro atoms. The van der Waals surface area contributed by atoms with Gasteiger partial charge in [0.1, 0.15) is 11.5 Å². The summed E-state index contributed by atoms with van der Waals surface area (Å²) in [6.45, 7) is 0.0413. The maximum Gasteiger partial charge on any atom is 0.243 e. The van der Waals surface area contributed by atoms with Crippen LogP contribution in [0.4, 0.5) is 0 Å². The van der Waals surface area contributed by atoms with Gasteiger partial charge < -0.3 is 24.6 Å². The van der Waals surface area contributed by atoms with E-state index in [1.165, 1.54) is 16.4 Å². The van der Waals surface area contributed by atoms with Crippen LogP contribution >= 0.6 is 0 Å². The molecule has 0 unspecified atom stereocenters. The van der Waals surface area contributed by atoms with Crippen LogP contribution in [0.15, 0.2) is 59.5 Å². The van der Waals surface area contributed by atoms with Crippen LogP contribution < -0.4 is 10.1 Å². The van der Waals surface area contributed by atoms with Crippen LogP contribution in [0.5, 0.6) is 11.5 Å². The Bertz CT molecular complexity index is 1060. The van der Waals surface area contributed by atoms with Crippen molar-refractivity contribution in [2.45, 2.75) is 48.5 Å². The summed E-state index contributed by atoms with van der Waals surface area (Å²) in [5.41, 5.74) is 0. The van der Waals surface area contributed by atoms with Crippen molar-refractivity contribution in [1.82, 2.24) is 9.62 Å². The van der Waals surface area contributed by atoms with Crippen LogP contribution in [0.1, 0.15) is 19.3 Å². The Labute approximate surface area is 199 Å². The molecule has 184 valence electrons. The van der Waals surface area contributed by atoms with Gasteiger partial charge in [0.25, 0.3) is 0 Å². The molecule has 2 N–H and O–H groups in total. The number of β-amino-alcohol motifs (C(OH)–C–C–N with tert-alkyl or cyclic N) is 1. The number of fused-ring (bicyclic) bond motifs is 1. The van der Waals surface area contributed by atoms with Crippen molar-refractivity contribution >= 4 is 15.9 Å². The molecule has 4 rings (SSSR count). The molecule has 1 amide bonds. The van der Waals surface area contributed by atoms with Gasteiger partial charge in [-0.1, -0.05) is 18.2 Å². The molecule has 2 saturated heterocycles. The summed E-state index contributed by atoms with van der Waals surface area (Å²) in [4.78, 5) is 11.9. The van der Waals surface area contributed by atoms with Crippen molar-refractivity contribution in [3.63, 3.8) is 0 Å². The van der Waals surface area contributed by atoms with Crippen molar-refractivity contribution in [2.24, 2.45) is 0 Å². The Balaban J connectivity index is 1.54. The minimum absolute atomic E-state index is 0.00255. The number of ether oxygens (including phenoxy) is 3. The Hall–Kier alpha value is -2.50. The summed E-state index contributed by atoms with van der Waals surface area (Å²) in [7, 11) is -2.37. The lowest BCUT2D eigenvalue weighted by atomic mass is 9.96. The van der Waals surface area contributed by atoms with E-state index in [4.69, 9.17) is 14.2 Å². The van der Waals surface area contributed by atoms with Crippen LogP contribution in [0.3, 0.4) is 0 Å². The SMILES string of the molecule is CNC(=O)C[C@@H]1CC[C@H]2[C@@H](COC[C@@H](O)CN2S(=O)(=O)c2ccc(Oc3ccccc3)cc2)O1. The second-order valence-electron chi connectivity index (χ2n) is 8.47. The van der Waals surface area contributed by atoms with Crippen molar-refractivity contribution in [2.75, 3.05) is 26.8 Å². The first-order valence-electron chi connectivity index (χ1n) is 11.3. The van der Waals surface area contributed by atoms with Crippen molar-refractivity contribution in [3.8, 4) is 11.5 Å². The number of amides is 1. The number of carbonyl (C=O) groups is 1. The van der Waals surface area contributed by atoms with Crippen LogP contribution in [0.25, 0.3) is 0 Å². The van der Waals surface area contributed by atoms with Gasteiger partial charge in [0.05, 0.1) is 48.9 Å². The second kappa shape index (κ2) is 10.8. The van der Waals surface area contributed by atoms with Gasteiger partial charge >= 0.3 is 0 Å². The fourth-order valence-corrected chi connectivity index (χ4v) is 6.04. The highest BCUT2D eigenvalue weighted by Gasteiger charge is 2.43. The van der Waals surface area contributed by atoms with E-state index < -0.39 is 28.3 Å². The zero-order valence-corrected chi connectivity index (χ0v) is 19.8. The van der Waals surface area contributed by atoms with Gasteiger partial charge in [-0.3, -0.25) is 4.79 Å². The number of para-hydroxylation sites is 1.